The maximum Gasteiger partial charge on any atom is 2.00 e. The van der Waals surface area contributed by atoms with Gasteiger partial charge in [0.1, 0.15) is 0 Å². The van der Waals surface area contributed by atoms with E-state index in [2.05, 4.69) is 53.1 Å². The summed E-state index contributed by atoms with van der Waals surface area (Å²) >= 11 is 0. The number of hydrogen-bond acceptors (Lipinski definition) is 3. The number of aliphatic imine (C=N–C) groups is 2. The molecule has 0 radical (unpaired) electrons. The van der Waals surface area contributed by atoms with Crippen molar-refractivity contribution in [1.29, 1.82) is 0 Å². The fourth-order valence-corrected chi connectivity index (χ4v) is 2.40. The maximum atomic E-state index is 4.60. The second kappa shape index (κ2) is 12.5. The predicted octanol–water partition coefficient (Wildman–Crippen LogP) is -0.486. The quantitative estimate of drug-likeness (QED) is 0.388. The SMILES string of the molecule is Cc1ccc(N=Cc2cc(C)cc(C=Nc3ccc(C)cc3)n2)cc1.[Cl-].[Cl-].[Fe+2]. The first kappa shape index (κ1) is 26.0. The normalized spacial score (nSPS) is 10.2. The van der Waals surface area contributed by atoms with E-state index in [1.54, 1.807) is 12.4 Å². The molecule has 3 nitrogen and oxygen atoms in total. The van der Waals surface area contributed by atoms with E-state index < -0.39 is 0 Å². The molecule has 3 aromatic rings. The number of aryl methyl sites for hydroxylation is 3. The Bertz CT molecular complexity index is 848. The van der Waals surface area contributed by atoms with Gasteiger partial charge in [0.05, 0.1) is 35.2 Å². The summed E-state index contributed by atoms with van der Waals surface area (Å²) in [6.07, 6.45) is 3.59. The third-order valence-corrected chi connectivity index (χ3v) is 3.77. The molecular weight excluding hydrogens is 433 g/mol. The number of halogens is 2. The summed E-state index contributed by atoms with van der Waals surface area (Å²) in [7, 11) is 0. The minimum Gasteiger partial charge on any atom is -1.00 e. The zero-order valence-corrected chi connectivity index (χ0v) is 18.5. The van der Waals surface area contributed by atoms with Gasteiger partial charge in [-0.15, -0.1) is 0 Å². The number of hydrogen-bond donors (Lipinski definition) is 0. The second-order valence-corrected chi connectivity index (χ2v) is 6.18. The average Bonchev–Trinajstić information content (AvgIpc) is 2.60. The van der Waals surface area contributed by atoms with Crippen LogP contribution in [0.3, 0.4) is 0 Å². The van der Waals surface area contributed by atoms with E-state index in [0.29, 0.717) is 0 Å². The summed E-state index contributed by atoms with van der Waals surface area (Å²) in [6.45, 7) is 6.18. The van der Waals surface area contributed by atoms with Crippen LogP contribution in [0.1, 0.15) is 28.1 Å². The molecule has 0 spiro atoms. The number of benzene rings is 2. The van der Waals surface area contributed by atoms with Crippen molar-refractivity contribution < 1.29 is 41.9 Å². The predicted molar refractivity (Wildman–Crippen MR) is 106 cm³/mol. The molecule has 0 bridgehead atoms. The molecule has 0 atom stereocenters. The van der Waals surface area contributed by atoms with Gasteiger partial charge in [0.2, 0.25) is 0 Å². The molecule has 0 N–H and O–H groups in total. The molecule has 0 unspecified atom stereocenters. The third kappa shape index (κ3) is 7.95. The standard InChI is InChI=1S/C22H21N3.2ClH.Fe/c1-16-4-8-19(9-5-16)23-14-21-12-18(3)13-22(25-21)15-24-20-10-6-17(2)7-11-20;;;/h4-15H,1-3H3;2*1H;/q;;;+2/p-2. The monoisotopic (exact) mass is 453 g/mol. The molecule has 0 amide bonds. The molecule has 1 aromatic heterocycles. The fourth-order valence-electron chi connectivity index (χ4n) is 2.40. The van der Waals surface area contributed by atoms with Gasteiger partial charge in [-0.2, -0.15) is 0 Å². The molecule has 3 rings (SSSR count). The Morgan fingerprint density at radius 1 is 0.607 bits per heavy atom. The number of aromatic nitrogens is 1. The topological polar surface area (TPSA) is 37.6 Å². The molecule has 6 heteroatoms. The van der Waals surface area contributed by atoms with E-state index in [1.807, 2.05) is 43.3 Å². The first-order chi connectivity index (χ1) is 12.1. The van der Waals surface area contributed by atoms with Crippen molar-refractivity contribution in [2.24, 2.45) is 9.98 Å². The smallest absolute Gasteiger partial charge is 1.00 e. The van der Waals surface area contributed by atoms with Gasteiger partial charge in [0, 0.05) is 0 Å². The van der Waals surface area contributed by atoms with Crippen molar-refractivity contribution in [3.8, 4) is 0 Å². The Morgan fingerprint density at radius 2 is 0.964 bits per heavy atom. The van der Waals surface area contributed by atoms with Gasteiger partial charge in [-0.05, 0) is 62.7 Å². The van der Waals surface area contributed by atoms with Crippen LogP contribution >= 0.6 is 0 Å². The van der Waals surface area contributed by atoms with Crippen molar-refractivity contribution in [2.45, 2.75) is 20.8 Å². The molecule has 0 fully saturated rings. The van der Waals surface area contributed by atoms with Gasteiger partial charge < -0.3 is 24.8 Å². The van der Waals surface area contributed by atoms with Crippen LogP contribution in [0.2, 0.25) is 0 Å². The minimum atomic E-state index is 0. The number of pyridine rings is 1. The molecule has 0 aliphatic carbocycles. The van der Waals surface area contributed by atoms with Crippen molar-refractivity contribution in [1.82, 2.24) is 4.98 Å². The van der Waals surface area contributed by atoms with Crippen LogP contribution < -0.4 is 24.8 Å². The maximum absolute atomic E-state index is 4.60. The van der Waals surface area contributed by atoms with E-state index in [-0.39, 0.29) is 41.9 Å². The summed E-state index contributed by atoms with van der Waals surface area (Å²) in [5, 5.41) is 0. The van der Waals surface area contributed by atoms with Crippen LogP contribution in [0.5, 0.6) is 0 Å². The summed E-state index contributed by atoms with van der Waals surface area (Å²) in [4.78, 5) is 13.6. The van der Waals surface area contributed by atoms with Crippen molar-refractivity contribution in [3.05, 3.63) is 88.7 Å². The van der Waals surface area contributed by atoms with Gasteiger partial charge in [-0.3, -0.25) is 9.98 Å². The Morgan fingerprint density at radius 3 is 1.32 bits per heavy atom. The Balaban J connectivity index is 0.00000243. The van der Waals surface area contributed by atoms with E-state index in [0.717, 1.165) is 28.3 Å². The summed E-state index contributed by atoms with van der Waals surface area (Å²) < 4.78 is 0. The molecule has 2 aromatic carbocycles. The molecule has 0 aliphatic rings. The van der Waals surface area contributed by atoms with Gasteiger partial charge in [-0.25, -0.2) is 4.98 Å². The molecule has 146 valence electrons. The van der Waals surface area contributed by atoms with Crippen LogP contribution in [0.25, 0.3) is 0 Å². The van der Waals surface area contributed by atoms with Gasteiger partial charge in [0.25, 0.3) is 0 Å². The molecular formula is C22H21Cl2FeN3. The average molecular weight is 454 g/mol. The molecule has 0 aliphatic heterocycles. The summed E-state index contributed by atoms with van der Waals surface area (Å²) in [5.74, 6) is 0. The van der Waals surface area contributed by atoms with E-state index in [1.165, 1.54) is 11.1 Å². The number of nitrogens with zero attached hydrogens (tertiary/aromatic N) is 3. The third-order valence-electron chi connectivity index (χ3n) is 3.77. The second-order valence-electron chi connectivity index (χ2n) is 6.18. The number of rotatable bonds is 4. The van der Waals surface area contributed by atoms with Gasteiger partial charge in [0.15, 0.2) is 0 Å². The van der Waals surface area contributed by atoms with Crippen molar-refractivity contribution in [2.75, 3.05) is 0 Å². The van der Waals surface area contributed by atoms with Gasteiger partial charge in [-0.1, -0.05) is 35.4 Å². The molecule has 28 heavy (non-hydrogen) atoms. The van der Waals surface area contributed by atoms with Crippen molar-refractivity contribution in [3.63, 3.8) is 0 Å². The summed E-state index contributed by atoms with van der Waals surface area (Å²) in [6, 6.07) is 20.2. The Hall–Kier alpha value is -1.97. The Kier molecular flexibility index (Phi) is 11.6. The van der Waals surface area contributed by atoms with Gasteiger partial charge >= 0.3 is 17.1 Å². The largest absolute Gasteiger partial charge is 2.00 e. The zero-order valence-electron chi connectivity index (χ0n) is 15.9. The Labute approximate surface area is 189 Å². The fraction of sp³-hybridized carbons (Fsp3) is 0.136. The van der Waals surface area contributed by atoms with E-state index >= 15 is 0 Å². The van der Waals surface area contributed by atoms with Crippen LogP contribution in [-0.2, 0) is 17.1 Å². The molecule has 0 saturated heterocycles. The zero-order chi connectivity index (χ0) is 17.6. The first-order valence-electron chi connectivity index (χ1n) is 8.29. The van der Waals surface area contributed by atoms with E-state index in [9.17, 15) is 0 Å². The van der Waals surface area contributed by atoms with Crippen LogP contribution in [0, 0.1) is 20.8 Å². The first-order valence-corrected chi connectivity index (χ1v) is 8.29. The molecule has 1 heterocycles. The van der Waals surface area contributed by atoms with Crippen molar-refractivity contribution >= 4 is 23.8 Å². The minimum absolute atomic E-state index is 0. The summed E-state index contributed by atoms with van der Waals surface area (Å²) in [5.41, 5.74) is 7.07. The van der Waals surface area contributed by atoms with Crippen LogP contribution in [0.15, 0.2) is 70.6 Å². The molecule has 0 saturated carbocycles. The van der Waals surface area contributed by atoms with E-state index in [4.69, 9.17) is 0 Å². The van der Waals surface area contributed by atoms with Crippen LogP contribution in [-0.4, -0.2) is 17.4 Å². The van der Waals surface area contributed by atoms with Crippen LogP contribution in [0.4, 0.5) is 11.4 Å².